The maximum absolute atomic E-state index is 12.0. The zero-order valence-electron chi connectivity index (χ0n) is 8.05. The van der Waals surface area contributed by atoms with Crippen molar-refractivity contribution >= 4 is 39.0 Å². The van der Waals surface area contributed by atoms with Crippen molar-refractivity contribution in [1.82, 2.24) is 9.97 Å². The molecule has 1 N–H and O–H groups in total. The number of hydrogen-bond acceptors (Lipinski definition) is 4. The molecule has 2 rings (SSSR count). The van der Waals surface area contributed by atoms with E-state index < -0.39 is 6.67 Å². The van der Waals surface area contributed by atoms with Gasteiger partial charge in [0.2, 0.25) is 5.28 Å². The van der Waals surface area contributed by atoms with Crippen molar-refractivity contribution in [2.75, 3.05) is 18.5 Å². The number of nitrogens with one attached hydrogen (secondary N) is 1. The van der Waals surface area contributed by atoms with Crippen LogP contribution in [0.5, 0.6) is 0 Å². The molecule has 0 unspecified atom stereocenters. The molecule has 2 aromatic rings. The van der Waals surface area contributed by atoms with Gasteiger partial charge in [0.1, 0.15) is 17.3 Å². The zero-order valence-corrected chi connectivity index (χ0v) is 9.62. The van der Waals surface area contributed by atoms with E-state index in [1.54, 1.807) is 11.3 Å². The van der Waals surface area contributed by atoms with E-state index in [2.05, 4.69) is 15.3 Å². The van der Waals surface area contributed by atoms with Crippen molar-refractivity contribution in [3.8, 4) is 0 Å². The van der Waals surface area contributed by atoms with Gasteiger partial charge in [-0.1, -0.05) is 0 Å². The molecule has 0 aliphatic rings. The number of fused-ring (bicyclic) bond motifs is 1. The van der Waals surface area contributed by atoms with E-state index in [0.717, 1.165) is 15.1 Å². The summed E-state index contributed by atoms with van der Waals surface area (Å²) in [5.74, 6) is 0.604. The first kappa shape index (κ1) is 10.6. The fraction of sp³-hybridized carbons (Fsp3) is 0.333. The minimum atomic E-state index is -0.438. The lowest BCUT2D eigenvalue weighted by Crippen LogP contribution is -2.05. The van der Waals surface area contributed by atoms with Gasteiger partial charge < -0.3 is 5.32 Å². The maximum Gasteiger partial charge on any atom is 0.225 e. The first-order valence-electron chi connectivity index (χ1n) is 4.44. The quantitative estimate of drug-likeness (QED) is 0.845. The molecule has 80 valence electrons. The summed E-state index contributed by atoms with van der Waals surface area (Å²) in [7, 11) is 0. The number of halogens is 2. The van der Waals surface area contributed by atoms with Crippen LogP contribution >= 0.6 is 22.9 Å². The predicted molar refractivity (Wildman–Crippen MR) is 61.6 cm³/mol. The van der Waals surface area contributed by atoms with Crippen LogP contribution in [-0.4, -0.2) is 23.2 Å². The summed E-state index contributed by atoms with van der Waals surface area (Å²) < 4.78 is 12.0. The molecule has 6 heteroatoms. The molecule has 0 saturated heterocycles. The molecule has 0 amide bonds. The molecular formula is C9H9ClFN3S. The molecular weight excluding hydrogens is 237 g/mol. The molecule has 2 aromatic heterocycles. The summed E-state index contributed by atoms with van der Waals surface area (Å²) >= 11 is 7.31. The summed E-state index contributed by atoms with van der Waals surface area (Å²) in [6.07, 6.45) is 0. The summed E-state index contributed by atoms with van der Waals surface area (Å²) in [5, 5.41) is 3.97. The summed E-state index contributed by atoms with van der Waals surface area (Å²) in [6.45, 7) is 1.78. The van der Waals surface area contributed by atoms with Crippen LogP contribution in [0.15, 0.2) is 6.07 Å². The molecule has 0 saturated carbocycles. The van der Waals surface area contributed by atoms with Crippen LogP contribution in [0.25, 0.3) is 10.2 Å². The third-order valence-corrected chi connectivity index (χ3v) is 2.99. The normalized spacial score (nSPS) is 10.9. The topological polar surface area (TPSA) is 37.8 Å². The van der Waals surface area contributed by atoms with E-state index in [9.17, 15) is 4.39 Å². The lowest BCUT2D eigenvalue weighted by Gasteiger charge is -2.03. The molecule has 0 atom stereocenters. The fourth-order valence-corrected chi connectivity index (χ4v) is 2.41. The minimum Gasteiger partial charge on any atom is -0.367 e. The highest BCUT2D eigenvalue weighted by Crippen LogP contribution is 2.29. The Kier molecular flexibility index (Phi) is 3.02. The molecule has 0 aliphatic heterocycles. The number of thiophene rings is 1. The second-order valence-corrected chi connectivity index (χ2v) is 4.61. The van der Waals surface area contributed by atoms with Crippen LogP contribution in [0.1, 0.15) is 4.88 Å². The number of anilines is 1. The SMILES string of the molecule is Cc1cc2c(NCCF)nc(Cl)nc2s1. The lowest BCUT2D eigenvalue weighted by molar-refractivity contribution is 0.512. The first-order valence-corrected chi connectivity index (χ1v) is 5.63. The van der Waals surface area contributed by atoms with Crippen molar-refractivity contribution in [3.05, 3.63) is 16.2 Å². The van der Waals surface area contributed by atoms with Gasteiger partial charge in [-0.05, 0) is 24.6 Å². The van der Waals surface area contributed by atoms with Gasteiger partial charge in [-0.3, -0.25) is 0 Å². The zero-order chi connectivity index (χ0) is 10.8. The van der Waals surface area contributed by atoms with Gasteiger partial charge in [0.05, 0.1) is 5.39 Å². The molecule has 2 heterocycles. The van der Waals surface area contributed by atoms with Crippen molar-refractivity contribution in [2.45, 2.75) is 6.92 Å². The Bertz CT molecular complexity index is 485. The number of alkyl halides is 1. The van der Waals surface area contributed by atoms with Gasteiger partial charge in [0, 0.05) is 11.4 Å². The molecule has 0 aromatic carbocycles. The van der Waals surface area contributed by atoms with E-state index in [4.69, 9.17) is 11.6 Å². The highest BCUT2D eigenvalue weighted by atomic mass is 35.5. The molecule has 0 aliphatic carbocycles. The molecule has 0 fully saturated rings. The van der Waals surface area contributed by atoms with Crippen LogP contribution in [0.2, 0.25) is 5.28 Å². The summed E-state index contributed by atoms with van der Waals surface area (Å²) in [5.41, 5.74) is 0. The minimum absolute atomic E-state index is 0.186. The number of rotatable bonds is 3. The van der Waals surface area contributed by atoms with Crippen LogP contribution < -0.4 is 5.32 Å². The summed E-state index contributed by atoms with van der Waals surface area (Å²) in [6, 6.07) is 1.97. The number of nitrogens with zero attached hydrogens (tertiary/aromatic N) is 2. The Balaban J connectivity index is 2.50. The molecule has 0 bridgehead atoms. The molecule has 0 spiro atoms. The number of aromatic nitrogens is 2. The van der Waals surface area contributed by atoms with Gasteiger partial charge in [0.15, 0.2) is 0 Å². The first-order chi connectivity index (χ1) is 7.20. The van der Waals surface area contributed by atoms with Crippen molar-refractivity contribution < 1.29 is 4.39 Å². The Morgan fingerprint density at radius 3 is 3.07 bits per heavy atom. The highest BCUT2D eigenvalue weighted by Gasteiger charge is 2.08. The Morgan fingerprint density at radius 2 is 2.33 bits per heavy atom. The Hall–Kier alpha value is -0.940. The predicted octanol–water partition coefficient (Wildman–Crippen LogP) is 3.03. The van der Waals surface area contributed by atoms with Crippen molar-refractivity contribution in [3.63, 3.8) is 0 Å². The van der Waals surface area contributed by atoms with Gasteiger partial charge in [-0.15, -0.1) is 11.3 Å². The number of hydrogen-bond donors (Lipinski definition) is 1. The number of aryl methyl sites for hydroxylation is 1. The smallest absolute Gasteiger partial charge is 0.225 e. The molecule has 0 radical (unpaired) electrons. The third kappa shape index (κ3) is 2.18. The standard InChI is InChI=1S/C9H9ClFN3S/c1-5-4-6-7(12-3-2-11)13-9(10)14-8(6)15-5/h4H,2-3H2,1H3,(H,12,13,14). The Morgan fingerprint density at radius 1 is 1.53 bits per heavy atom. The van der Waals surface area contributed by atoms with Crippen molar-refractivity contribution in [1.29, 1.82) is 0 Å². The van der Waals surface area contributed by atoms with E-state index in [0.29, 0.717) is 5.82 Å². The van der Waals surface area contributed by atoms with Crippen LogP contribution in [0, 0.1) is 6.92 Å². The van der Waals surface area contributed by atoms with Crippen LogP contribution in [0.3, 0.4) is 0 Å². The highest BCUT2D eigenvalue weighted by molar-refractivity contribution is 7.18. The summed E-state index contributed by atoms with van der Waals surface area (Å²) in [4.78, 5) is 10.1. The second-order valence-electron chi connectivity index (χ2n) is 3.03. The van der Waals surface area contributed by atoms with E-state index in [1.165, 1.54) is 0 Å². The van der Waals surface area contributed by atoms with Gasteiger partial charge in [0.25, 0.3) is 0 Å². The maximum atomic E-state index is 12.0. The van der Waals surface area contributed by atoms with Crippen molar-refractivity contribution in [2.24, 2.45) is 0 Å². The molecule has 3 nitrogen and oxygen atoms in total. The van der Waals surface area contributed by atoms with Gasteiger partial charge in [-0.2, -0.15) is 0 Å². The molecule has 15 heavy (non-hydrogen) atoms. The van der Waals surface area contributed by atoms with E-state index >= 15 is 0 Å². The fourth-order valence-electron chi connectivity index (χ4n) is 1.32. The van der Waals surface area contributed by atoms with E-state index in [1.807, 2.05) is 13.0 Å². The second kappa shape index (κ2) is 4.28. The monoisotopic (exact) mass is 245 g/mol. The van der Waals surface area contributed by atoms with Crippen LogP contribution in [0.4, 0.5) is 10.2 Å². The lowest BCUT2D eigenvalue weighted by atomic mass is 10.3. The largest absolute Gasteiger partial charge is 0.367 e. The van der Waals surface area contributed by atoms with Crippen LogP contribution in [-0.2, 0) is 0 Å². The average molecular weight is 246 g/mol. The Labute approximate surface area is 95.3 Å². The van der Waals surface area contributed by atoms with Gasteiger partial charge in [-0.25, -0.2) is 14.4 Å². The average Bonchev–Trinajstić information content (AvgIpc) is 2.54. The van der Waals surface area contributed by atoms with E-state index in [-0.39, 0.29) is 11.8 Å². The third-order valence-electron chi connectivity index (χ3n) is 1.88. The van der Waals surface area contributed by atoms with Gasteiger partial charge >= 0.3 is 0 Å².